The molecule has 0 unspecified atom stereocenters. The Hall–Kier alpha value is -2.35. The number of hydrogen-bond donors (Lipinski definition) is 2. The molecule has 1 aliphatic rings. The third-order valence-corrected chi connectivity index (χ3v) is 4.76. The predicted molar refractivity (Wildman–Crippen MR) is 95.0 cm³/mol. The number of para-hydroxylation sites is 2. The molecule has 2 heterocycles. The Morgan fingerprint density at radius 1 is 1.42 bits per heavy atom. The molecule has 1 fully saturated rings. The number of carbonyl (C=O) groups excluding carboxylic acids is 1. The van der Waals surface area contributed by atoms with Gasteiger partial charge in [0.15, 0.2) is 0 Å². The molecular weight excluding hydrogens is 326 g/mol. The molecule has 2 amide bonds. The van der Waals surface area contributed by atoms with Crippen LogP contribution in [0.15, 0.2) is 24.3 Å². The summed E-state index contributed by atoms with van der Waals surface area (Å²) in [5, 5.41) is 14.7. The van der Waals surface area contributed by atoms with Crippen LogP contribution in [0, 0.1) is 12.8 Å². The van der Waals surface area contributed by atoms with Gasteiger partial charge in [0.25, 0.3) is 0 Å². The number of urea groups is 1. The lowest BCUT2D eigenvalue weighted by Crippen LogP contribution is -2.34. The van der Waals surface area contributed by atoms with E-state index < -0.39 is 0 Å². The SMILES string of the molecule is COc1ccccc1N1CC[C@H](CNC(=O)Nc2nnc(C)s2)C1. The minimum atomic E-state index is -0.234. The van der Waals surface area contributed by atoms with Crippen molar-refractivity contribution < 1.29 is 9.53 Å². The smallest absolute Gasteiger partial charge is 0.321 e. The maximum atomic E-state index is 11.9. The van der Waals surface area contributed by atoms with Crippen molar-refractivity contribution in [3.63, 3.8) is 0 Å². The molecule has 128 valence electrons. The number of anilines is 2. The highest BCUT2D eigenvalue weighted by molar-refractivity contribution is 7.15. The summed E-state index contributed by atoms with van der Waals surface area (Å²) in [5.41, 5.74) is 1.11. The maximum absolute atomic E-state index is 11.9. The van der Waals surface area contributed by atoms with Gasteiger partial charge in [-0.3, -0.25) is 5.32 Å². The molecule has 7 nitrogen and oxygen atoms in total. The number of amides is 2. The number of methoxy groups -OCH3 is 1. The summed E-state index contributed by atoms with van der Waals surface area (Å²) in [6, 6.07) is 7.79. The van der Waals surface area contributed by atoms with E-state index in [9.17, 15) is 4.79 Å². The second-order valence-corrected chi connectivity index (χ2v) is 6.92. The second-order valence-electron chi connectivity index (χ2n) is 5.73. The van der Waals surface area contributed by atoms with E-state index >= 15 is 0 Å². The number of nitrogens with one attached hydrogen (secondary N) is 2. The molecule has 24 heavy (non-hydrogen) atoms. The van der Waals surface area contributed by atoms with E-state index in [1.54, 1.807) is 7.11 Å². The van der Waals surface area contributed by atoms with Gasteiger partial charge >= 0.3 is 6.03 Å². The lowest BCUT2D eigenvalue weighted by Gasteiger charge is -2.21. The van der Waals surface area contributed by atoms with E-state index in [4.69, 9.17) is 4.74 Å². The zero-order valence-corrected chi connectivity index (χ0v) is 14.6. The fraction of sp³-hybridized carbons (Fsp3) is 0.438. The monoisotopic (exact) mass is 347 g/mol. The molecule has 0 radical (unpaired) electrons. The molecular formula is C16H21N5O2S. The van der Waals surface area contributed by atoms with Gasteiger partial charge in [0.2, 0.25) is 5.13 Å². The van der Waals surface area contributed by atoms with Gasteiger partial charge in [-0.25, -0.2) is 4.79 Å². The van der Waals surface area contributed by atoms with Gasteiger partial charge in [-0.15, -0.1) is 10.2 Å². The van der Waals surface area contributed by atoms with Gasteiger partial charge < -0.3 is 15.0 Å². The van der Waals surface area contributed by atoms with Crippen molar-refractivity contribution in [2.24, 2.45) is 5.92 Å². The van der Waals surface area contributed by atoms with Gasteiger partial charge in [-0.1, -0.05) is 23.5 Å². The summed E-state index contributed by atoms with van der Waals surface area (Å²) in [5.74, 6) is 1.30. The minimum absolute atomic E-state index is 0.234. The van der Waals surface area contributed by atoms with Crippen molar-refractivity contribution in [1.82, 2.24) is 15.5 Å². The van der Waals surface area contributed by atoms with Crippen molar-refractivity contribution in [3.8, 4) is 5.75 Å². The average Bonchev–Trinajstić information content (AvgIpc) is 3.22. The molecule has 1 aromatic heterocycles. The zero-order chi connectivity index (χ0) is 16.9. The number of benzene rings is 1. The highest BCUT2D eigenvalue weighted by Gasteiger charge is 2.24. The predicted octanol–water partition coefficient (Wildman–Crippen LogP) is 2.50. The minimum Gasteiger partial charge on any atom is -0.495 e. The fourth-order valence-corrected chi connectivity index (χ4v) is 3.42. The highest BCUT2D eigenvalue weighted by Crippen LogP contribution is 2.31. The van der Waals surface area contributed by atoms with Crippen molar-refractivity contribution in [3.05, 3.63) is 29.3 Å². The maximum Gasteiger partial charge on any atom is 0.321 e. The molecule has 0 spiro atoms. The summed E-state index contributed by atoms with van der Waals surface area (Å²) in [4.78, 5) is 14.2. The first-order chi connectivity index (χ1) is 11.7. The van der Waals surface area contributed by atoms with E-state index in [2.05, 4.69) is 31.8 Å². The third-order valence-electron chi connectivity index (χ3n) is 4.01. The molecule has 1 aliphatic heterocycles. The molecule has 8 heteroatoms. The molecule has 3 rings (SSSR count). The molecule has 1 saturated heterocycles. The number of hydrogen-bond acceptors (Lipinski definition) is 6. The summed E-state index contributed by atoms with van der Waals surface area (Å²) in [6.07, 6.45) is 1.04. The number of ether oxygens (including phenoxy) is 1. The lowest BCUT2D eigenvalue weighted by atomic mass is 10.1. The topological polar surface area (TPSA) is 79.4 Å². The molecule has 1 aromatic carbocycles. The van der Waals surface area contributed by atoms with Crippen LogP contribution in [-0.4, -0.2) is 43.0 Å². The Balaban J connectivity index is 1.48. The number of nitrogens with zero attached hydrogens (tertiary/aromatic N) is 3. The van der Waals surface area contributed by atoms with Crippen LogP contribution in [0.25, 0.3) is 0 Å². The van der Waals surface area contributed by atoms with Crippen LogP contribution < -0.4 is 20.3 Å². The van der Waals surface area contributed by atoms with E-state index in [0.29, 0.717) is 17.6 Å². The summed E-state index contributed by atoms with van der Waals surface area (Å²) >= 11 is 1.36. The van der Waals surface area contributed by atoms with Crippen molar-refractivity contribution in [2.45, 2.75) is 13.3 Å². The Bertz CT molecular complexity index is 705. The largest absolute Gasteiger partial charge is 0.495 e. The standard InChI is InChI=1S/C16H21N5O2S/c1-11-19-20-16(24-11)18-15(22)17-9-12-7-8-21(10-12)13-5-3-4-6-14(13)23-2/h3-6,12H,7-10H2,1-2H3,(H2,17,18,20,22)/t12-/m1/s1. The van der Waals surface area contributed by atoms with Gasteiger partial charge in [-0.2, -0.15) is 0 Å². The Morgan fingerprint density at radius 3 is 3.00 bits per heavy atom. The molecule has 1 atom stereocenters. The summed E-state index contributed by atoms with van der Waals surface area (Å²) < 4.78 is 5.43. The molecule has 2 aromatic rings. The second kappa shape index (κ2) is 7.48. The molecule has 2 N–H and O–H groups in total. The third kappa shape index (κ3) is 3.94. The summed E-state index contributed by atoms with van der Waals surface area (Å²) in [6.45, 7) is 4.35. The van der Waals surface area contributed by atoms with Crippen LogP contribution in [0.3, 0.4) is 0 Å². The van der Waals surface area contributed by atoms with Crippen LogP contribution in [0.4, 0.5) is 15.6 Å². The zero-order valence-electron chi connectivity index (χ0n) is 13.8. The van der Waals surface area contributed by atoms with Crippen LogP contribution >= 0.6 is 11.3 Å². The number of aromatic nitrogens is 2. The van der Waals surface area contributed by atoms with Crippen molar-refractivity contribution in [2.75, 3.05) is 37.0 Å². The van der Waals surface area contributed by atoms with Gasteiger partial charge in [0, 0.05) is 19.6 Å². The molecule has 0 saturated carbocycles. The van der Waals surface area contributed by atoms with Gasteiger partial charge in [0.1, 0.15) is 10.8 Å². The van der Waals surface area contributed by atoms with Crippen molar-refractivity contribution >= 4 is 28.2 Å². The number of carbonyl (C=O) groups is 1. The van der Waals surface area contributed by atoms with E-state index in [0.717, 1.165) is 36.0 Å². The average molecular weight is 347 g/mol. The van der Waals surface area contributed by atoms with Crippen LogP contribution in [0.1, 0.15) is 11.4 Å². The van der Waals surface area contributed by atoms with Gasteiger partial charge in [-0.05, 0) is 31.4 Å². The number of aryl methyl sites for hydroxylation is 1. The van der Waals surface area contributed by atoms with E-state index in [-0.39, 0.29) is 6.03 Å². The lowest BCUT2D eigenvalue weighted by molar-refractivity contribution is 0.250. The molecule has 0 bridgehead atoms. The van der Waals surface area contributed by atoms with Gasteiger partial charge in [0.05, 0.1) is 12.8 Å². The fourth-order valence-electron chi connectivity index (χ4n) is 2.83. The highest BCUT2D eigenvalue weighted by atomic mass is 32.1. The van der Waals surface area contributed by atoms with Crippen LogP contribution in [0.2, 0.25) is 0 Å². The van der Waals surface area contributed by atoms with E-state index in [1.165, 1.54) is 11.3 Å². The normalized spacial score (nSPS) is 16.9. The number of rotatable bonds is 5. The van der Waals surface area contributed by atoms with Crippen LogP contribution in [-0.2, 0) is 0 Å². The van der Waals surface area contributed by atoms with Crippen molar-refractivity contribution in [1.29, 1.82) is 0 Å². The first-order valence-electron chi connectivity index (χ1n) is 7.88. The quantitative estimate of drug-likeness (QED) is 0.869. The van der Waals surface area contributed by atoms with E-state index in [1.807, 2.05) is 25.1 Å². The first kappa shape index (κ1) is 16.5. The Kier molecular flexibility index (Phi) is 5.14. The molecule has 0 aliphatic carbocycles. The van der Waals surface area contributed by atoms with Crippen LogP contribution in [0.5, 0.6) is 5.75 Å². The Labute approximate surface area is 145 Å². The Morgan fingerprint density at radius 2 is 2.25 bits per heavy atom. The summed E-state index contributed by atoms with van der Waals surface area (Å²) in [7, 11) is 1.69. The first-order valence-corrected chi connectivity index (χ1v) is 8.70.